The average molecular weight is 233 g/mol. The molecule has 3 nitrogen and oxygen atoms in total. The summed E-state index contributed by atoms with van der Waals surface area (Å²) in [6, 6.07) is 0.163. The second-order valence-electron chi connectivity index (χ2n) is 4.07. The van der Waals surface area contributed by atoms with Crippen molar-refractivity contribution in [2.75, 3.05) is 31.8 Å². The molecule has 2 N–H and O–H groups in total. The van der Waals surface area contributed by atoms with Crippen molar-refractivity contribution in [2.45, 2.75) is 37.8 Å². The van der Waals surface area contributed by atoms with E-state index in [4.69, 9.17) is 4.74 Å². The van der Waals surface area contributed by atoms with E-state index in [-0.39, 0.29) is 12.1 Å². The quantitative estimate of drug-likeness (QED) is 0.619. The molecule has 1 aliphatic heterocycles. The molecule has 1 rings (SSSR count). The number of thioether (sulfide) groups is 1. The van der Waals surface area contributed by atoms with Crippen molar-refractivity contribution in [2.24, 2.45) is 0 Å². The van der Waals surface area contributed by atoms with Crippen LogP contribution in [0.25, 0.3) is 0 Å². The van der Waals surface area contributed by atoms with Crippen LogP contribution in [0.5, 0.6) is 0 Å². The molecule has 0 aromatic rings. The molecule has 1 saturated heterocycles. The Bertz CT molecular complexity index is 158. The van der Waals surface area contributed by atoms with Gasteiger partial charge in [0, 0.05) is 0 Å². The standard InChI is InChI=1S/C11H23NO2S/c1-15-7-5-3-2-4-6-12-10-8-14-9-11(10)13/h10-13H,2-9H2,1H3. The van der Waals surface area contributed by atoms with Gasteiger partial charge in [-0.05, 0) is 31.4 Å². The number of aliphatic hydroxyl groups is 1. The summed E-state index contributed by atoms with van der Waals surface area (Å²) < 4.78 is 5.16. The van der Waals surface area contributed by atoms with Gasteiger partial charge in [-0.1, -0.05) is 12.8 Å². The highest BCUT2D eigenvalue weighted by atomic mass is 32.2. The number of nitrogens with one attached hydrogen (secondary N) is 1. The van der Waals surface area contributed by atoms with Gasteiger partial charge in [-0.3, -0.25) is 0 Å². The lowest BCUT2D eigenvalue weighted by atomic mass is 10.2. The molecule has 0 bridgehead atoms. The van der Waals surface area contributed by atoms with Gasteiger partial charge in [0.15, 0.2) is 0 Å². The third-order valence-corrected chi connectivity index (χ3v) is 3.43. The molecule has 1 aliphatic rings. The highest BCUT2D eigenvalue weighted by Crippen LogP contribution is 2.06. The smallest absolute Gasteiger partial charge is 0.0948 e. The monoisotopic (exact) mass is 233 g/mol. The Hall–Kier alpha value is 0.230. The van der Waals surface area contributed by atoms with Crippen molar-refractivity contribution in [3.63, 3.8) is 0 Å². The van der Waals surface area contributed by atoms with Gasteiger partial charge in [-0.2, -0.15) is 11.8 Å². The molecule has 2 atom stereocenters. The molecular weight excluding hydrogens is 210 g/mol. The first-order valence-electron chi connectivity index (χ1n) is 5.82. The maximum atomic E-state index is 9.47. The fourth-order valence-electron chi connectivity index (χ4n) is 1.75. The molecule has 0 aromatic heterocycles. The van der Waals surface area contributed by atoms with Gasteiger partial charge in [0.2, 0.25) is 0 Å². The van der Waals surface area contributed by atoms with E-state index in [1.54, 1.807) is 0 Å². The van der Waals surface area contributed by atoms with Crippen LogP contribution >= 0.6 is 11.8 Å². The number of ether oxygens (including phenoxy) is 1. The van der Waals surface area contributed by atoms with Gasteiger partial charge < -0.3 is 15.2 Å². The van der Waals surface area contributed by atoms with E-state index >= 15 is 0 Å². The summed E-state index contributed by atoms with van der Waals surface area (Å²) in [6.07, 6.45) is 7.00. The van der Waals surface area contributed by atoms with Crippen LogP contribution in [0.2, 0.25) is 0 Å². The van der Waals surface area contributed by atoms with Crippen molar-refractivity contribution in [3.8, 4) is 0 Å². The molecule has 1 fully saturated rings. The largest absolute Gasteiger partial charge is 0.389 e. The molecule has 0 saturated carbocycles. The lowest BCUT2D eigenvalue weighted by molar-refractivity contribution is 0.122. The lowest BCUT2D eigenvalue weighted by Crippen LogP contribution is -2.39. The number of aliphatic hydroxyl groups excluding tert-OH is 1. The highest BCUT2D eigenvalue weighted by molar-refractivity contribution is 7.98. The summed E-state index contributed by atoms with van der Waals surface area (Å²) >= 11 is 1.92. The third kappa shape index (κ3) is 5.76. The summed E-state index contributed by atoms with van der Waals surface area (Å²) in [7, 11) is 0. The molecule has 0 spiro atoms. The molecule has 15 heavy (non-hydrogen) atoms. The van der Waals surface area contributed by atoms with Crippen LogP contribution in [0.15, 0.2) is 0 Å². The zero-order valence-corrected chi connectivity index (χ0v) is 10.4. The summed E-state index contributed by atoms with van der Waals surface area (Å²) in [4.78, 5) is 0. The molecule has 0 amide bonds. The number of hydrogen-bond acceptors (Lipinski definition) is 4. The van der Waals surface area contributed by atoms with E-state index in [2.05, 4.69) is 11.6 Å². The Balaban J connectivity index is 1.84. The van der Waals surface area contributed by atoms with E-state index in [1.807, 2.05) is 11.8 Å². The molecule has 2 unspecified atom stereocenters. The van der Waals surface area contributed by atoms with Gasteiger partial charge in [0.25, 0.3) is 0 Å². The van der Waals surface area contributed by atoms with E-state index in [1.165, 1.54) is 31.4 Å². The normalized spacial score (nSPS) is 26.0. The predicted molar refractivity (Wildman–Crippen MR) is 65.5 cm³/mol. The second kappa shape index (κ2) is 8.39. The predicted octanol–water partition coefficient (Wildman–Crippen LogP) is 1.26. The van der Waals surface area contributed by atoms with Crippen LogP contribution in [0.4, 0.5) is 0 Å². The molecule has 90 valence electrons. The Labute approximate surface area is 97.0 Å². The van der Waals surface area contributed by atoms with Gasteiger partial charge in [0.1, 0.15) is 0 Å². The topological polar surface area (TPSA) is 41.5 Å². The molecular formula is C11H23NO2S. The third-order valence-electron chi connectivity index (χ3n) is 2.73. The van der Waals surface area contributed by atoms with E-state index in [0.29, 0.717) is 13.2 Å². The van der Waals surface area contributed by atoms with E-state index < -0.39 is 0 Å². The van der Waals surface area contributed by atoms with Crippen molar-refractivity contribution in [1.82, 2.24) is 5.32 Å². The average Bonchev–Trinajstić information content (AvgIpc) is 2.63. The first-order valence-corrected chi connectivity index (χ1v) is 7.22. The number of hydrogen-bond donors (Lipinski definition) is 2. The first-order chi connectivity index (χ1) is 7.34. The fraction of sp³-hybridized carbons (Fsp3) is 1.00. The maximum absolute atomic E-state index is 9.47. The number of unbranched alkanes of at least 4 members (excludes halogenated alkanes) is 3. The van der Waals surface area contributed by atoms with Crippen molar-refractivity contribution in [3.05, 3.63) is 0 Å². The Morgan fingerprint density at radius 2 is 2.07 bits per heavy atom. The van der Waals surface area contributed by atoms with Crippen LogP contribution in [-0.2, 0) is 4.74 Å². The maximum Gasteiger partial charge on any atom is 0.0948 e. The van der Waals surface area contributed by atoms with Crippen LogP contribution < -0.4 is 5.32 Å². The van der Waals surface area contributed by atoms with Gasteiger partial charge >= 0.3 is 0 Å². The van der Waals surface area contributed by atoms with Crippen molar-refractivity contribution < 1.29 is 9.84 Å². The minimum absolute atomic E-state index is 0.163. The summed E-state index contributed by atoms with van der Waals surface area (Å²) in [5.41, 5.74) is 0. The van der Waals surface area contributed by atoms with E-state index in [9.17, 15) is 5.11 Å². The summed E-state index contributed by atoms with van der Waals surface area (Å²) in [6.45, 7) is 2.16. The highest BCUT2D eigenvalue weighted by Gasteiger charge is 2.24. The Kier molecular flexibility index (Phi) is 7.44. The van der Waals surface area contributed by atoms with Gasteiger partial charge in [-0.25, -0.2) is 0 Å². The lowest BCUT2D eigenvalue weighted by Gasteiger charge is -2.13. The van der Waals surface area contributed by atoms with Crippen LogP contribution in [0.1, 0.15) is 25.7 Å². The Morgan fingerprint density at radius 3 is 2.73 bits per heavy atom. The zero-order valence-electron chi connectivity index (χ0n) is 9.58. The minimum Gasteiger partial charge on any atom is -0.389 e. The molecule has 4 heteroatoms. The SMILES string of the molecule is CSCCCCCCNC1COCC1O. The first kappa shape index (κ1) is 13.3. The molecule has 1 heterocycles. The van der Waals surface area contributed by atoms with Gasteiger partial charge in [-0.15, -0.1) is 0 Å². The number of rotatable bonds is 8. The second-order valence-corrected chi connectivity index (χ2v) is 5.06. The van der Waals surface area contributed by atoms with E-state index in [0.717, 1.165) is 6.54 Å². The van der Waals surface area contributed by atoms with Crippen LogP contribution in [-0.4, -0.2) is 49.0 Å². The Morgan fingerprint density at radius 1 is 1.27 bits per heavy atom. The molecule has 0 aliphatic carbocycles. The summed E-state index contributed by atoms with van der Waals surface area (Å²) in [5.74, 6) is 1.28. The molecule has 0 radical (unpaired) electrons. The van der Waals surface area contributed by atoms with Crippen molar-refractivity contribution >= 4 is 11.8 Å². The zero-order chi connectivity index (χ0) is 10.9. The summed E-state index contributed by atoms with van der Waals surface area (Å²) in [5, 5.41) is 12.8. The van der Waals surface area contributed by atoms with Crippen molar-refractivity contribution in [1.29, 1.82) is 0 Å². The van der Waals surface area contributed by atoms with Gasteiger partial charge in [0.05, 0.1) is 25.4 Å². The fourth-order valence-corrected chi connectivity index (χ4v) is 2.24. The minimum atomic E-state index is -0.304. The van der Waals surface area contributed by atoms with Crippen LogP contribution in [0, 0.1) is 0 Å². The van der Waals surface area contributed by atoms with Crippen LogP contribution in [0.3, 0.4) is 0 Å². The molecule has 0 aromatic carbocycles.